The summed E-state index contributed by atoms with van der Waals surface area (Å²) in [5.41, 5.74) is 1.69. The molecule has 157 valence electrons. The summed E-state index contributed by atoms with van der Waals surface area (Å²) in [6.07, 6.45) is 7.24. The van der Waals surface area contributed by atoms with E-state index in [0.29, 0.717) is 29.4 Å². The van der Waals surface area contributed by atoms with Crippen LogP contribution in [0.3, 0.4) is 0 Å². The first-order valence-electron chi connectivity index (χ1n) is 11.2. The van der Waals surface area contributed by atoms with Crippen molar-refractivity contribution in [1.82, 2.24) is 0 Å². The molecule has 1 nitrogen and oxygen atoms in total. The molecule has 0 saturated carbocycles. The van der Waals surface area contributed by atoms with E-state index in [0.717, 1.165) is 12.0 Å². The second-order valence-corrected chi connectivity index (χ2v) is 11.2. The Bertz CT molecular complexity index is 784. The maximum atomic E-state index is 14.9. The minimum absolute atomic E-state index is 0.192. The molecule has 3 rings (SSSR count). The monoisotopic (exact) mass is 415 g/mol. The third-order valence-electron chi connectivity index (χ3n) is 5.99. The average molecular weight is 416 g/mol. The minimum atomic E-state index is -0.442. The van der Waals surface area contributed by atoms with Crippen molar-refractivity contribution in [1.29, 1.82) is 0 Å². The SMILES string of the molecule is CCCCC[Si]1CCC(c2ccc(-c3ccc(OCCC)cc3F)c(F)c2)CC1. The van der Waals surface area contributed by atoms with Crippen molar-refractivity contribution in [2.24, 2.45) is 0 Å². The fraction of sp³-hybridized carbons (Fsp3) is 0.520. The highest BCUT2D eigenvalue weighted by Gasteiger charge is 2.24. The zero-order valence-corrected chi connectivity index (χ0v) is 18.8. The fourth-order valence-electron chi connectivity index (χ4n) is 4.26. The molecule has 1 aliphatic heterocycles. The van der Waals surface area contributed by atoms with Gasteiger partial charge in [-0.1, -0.05) is 63.4 Å². The summed E-state index contributed by atoms with van der Waals surface area (Å²) < 4.78 is 34.9. The molecule has 1 fully saturated rings. The molecule has 0 aromatic heterocycles. The summed E-state index contributed by atoms with van der Waals surface area (Å²) in [7, 11) is -0.192. The van der Waals surface area contributed by atoms with Crippen molar-refractivity contribution < 1.29 is 13.5 Å². The summed E-state index contributed by atoms with van der Waals surface area (Å²) in [6, 6.07) is 14.2. The van der Waals surface area contributed by atoms with Crippen LogP contribution in [0, 0.1) is 11.6 Å². The Morgan fingerprint density at radius 3 is 2.21 bits per heavy atom. The summed E-state index contributed by atoms with van der Waals surface area (Å²) in [5, 5.41) is 0. The van der Waals surface area contributed by atoms with Gasteiger partial charge in [-0.2, -0.15) is 0 Å². The van der Waals surface area contributed by atoms with Gasteiger partial charge in [-0.25, -0.2) is 8.78 Å². The molecule has 29 heavy (non-hydrogen) atoms. The second kappa shape index (κ2) is 10.9. The van der Waals surface area contributed by atoms with Gasteiger partial charge in [-0.15, -0.1) is 0 Å². The van der Waals surface area contributed by atoms with E-state index in [2.05, 4.69) is 6.92 Å². The van der Waals surface area contributed by atoms with Gasteiger partial charge in [0, 0.05) is 26.0 Å². The third kappa shape index (κ3) is 5.91. The molecule has 1 aliphatic rings. The minimum Gasteiger partial charge on any atom is -0.494 e. The van der Waals surface area contributed by atoms with E-state index in [4.69, 9.17) is 4.74 Å². The molecule has 4 heteroatoms. The number of unbranched alkanes of at least 4 members (excludes halogenated alkanes) is 2. The lowest BCUT2D eigenvalue weighted by Crippen LogP contribution is -2.20. The molecule has 0 spiro atoms. The van der Waals surface area contributed by atoms with Crippen LogP contribution in [0.4, 0.5) is 8.78 Å². The van der Waals surface area contributed by atoms with Crippen molar-refractivity contribution in [3.63, 3.8) is 0 Å². The van der Waals surface area contributed by atoms with E-state index in [9.17, 15) is 8.78 Å². The zero-order valence-electron chi connectivity index (χ0n) is 17.8. The zero-order chi connectivity index (χ0) is 20.6. The fourth-order valence-corrected chi connectivity index (χ4v) is 7.28. The van der Waals surface area contributed by atoms with Gasteiger partial charge in [-0.05, 0) is 48.9 Å². The topological polar surface area (TPSA) is 9.23 Å². The lowest BCUT2D eigenvalue weighted by atomic mass is 9.91. The highest BCUT2D eigenvalue weighted by Crippen LogP contribution is 2.37. The van der Waals surface area contributed by atoms with Crippen molar-refractivity contribution >= 4 is 8.80 Å². The first-order chi connectivity index (χ1) is 14.1. The lowest BCUT2D eigenvalue weighted by molar-refractivity contribution is 0.316. The van der Waals surface area contributed by atoms with Gasteiger partial charge in [0.2, 0.25) is 0 Å². The van der Waals surface area contributed by atoms with E-state index in [1.165, 1.54) is 56.3 Å². The van der Waals surface area contributed by atoms with E-state index in [-0.39, 0.29) is 14.6 Å². The van der Waals surface area contributed by atoms with E-state index in [1.807, 2.05) is 13.0 Å². The van der Waals surface area contributed by atoms with Crippen molar-refractivity contribution in [2.75, 3.05) is 6.61 Å². The number of benzene rings is 2. The van der Waals surface area contributed by atoms with Gasteiger partial charge in [-0.3, -0.25) is 0 Å². The van der Waals surface area contributed by atoms with Crippen LogP contribution in [0.25, 0.3) is 11.1 Å². The van der Waals surface area contributed by atoms with Gasteiger partial charge >= 0.3 is 0 Å². The maximum absolute atomic E-state index is 14.9. The summed E-state index contributed by atoms with van der Waals surface area (Å²) in [4.78, 5) is 0. The van der Waals surface area contributed by atoms with Crippen LogP contribution in [-0.2, 0) is 0 Å². The van der Waals surface area contributed by atoms with Crippen LogP contribution in [0.5, 0.6) is 5.75 Å². The summed E-state index contributed by atoms with van der Waals surface area (Å²) in [5.74, 6) is 0.168. The van der Waals surface area contributed by atoms with Gasteiger partial charge in [0.1, 0.15) is 17.4 Å². The Balaban J connectivity index is 1.65. The number of ether oxygens (including phenoxy) is 1. The number of hydrogen-bond donors (Lipinski definition) is 0. The van der Waals surface area contributed by atoms with Crippen LogP contribution in [0.1, 0.15) is 63.9 Å². The molecule has 0 atom stereocenters. The maximum Gasteiger partial charge on any atom is 0.134 e. The standard InChI is InChI=1S/C25H33F2OSi/c1-3-5-6-14-29-15-11-19(12-16-29)20-7-9-22(24(26)17-20)23-10-8-21(18-25(23)27)28-13-4-2/h7-10,17-19H,3-6,11-16H2,1-2H3. The number of rotatable bonds is 9. The second-order valence-electron chi connectivity index (χ2n) is 8.21. The van der Waals surface area contributed by atoms with Crippen LogP contribution >= 0.6 is 0 Å². The third-order valence-corrected chi connectivity index (χ3v) is 9.05. The van der Waals surface area contributed by atoms with Gasteiger partial charge in [0.25, 0.3) is 0 Å². The molecule has 1 radical (unpaired) electrons. The quantitative estimate of drug-likeness (QED) is 0.298. The van der Waals surface area contributed by atoms with E-state index >= 15 is 0 Å². The molecule has 0 bridgehead atoms. The highest BCUT2D eigenvalue weighted by atomic mass is 28.3. The van der Waals surface area contributed by atoms with Crippen LogP contribution in [-0.4, -0.2) is 15.4 Å². The van der Waals surface area contributed by atoms with Crippen LogP contribution < -0.4 is 4.74 Å². The Morgan fingerprint density at radius 2 is 1.59 bits per heavy atom. The number of halogens is 2. The molecule has 0 aliphatic carbocycles. The first-order valence-corrected chi connectivity index (χ1v) is 13.3. The van der Waals surface area contributed by atoms with E-state index in [1.54, 1.807) is 24.3 Å². The van der Waals surface area contributed by atoms with Crippen LogP contribution in [0.15, 0.2) is 36.4 Å². The molecular weight excluding hydrogens is 382 g/mol. The van der Waals surface area contributed by atoms with Gasteiger partial charge < -0.3 is 4.74 Å². The molecule has 0 amide bonds. The summed E-state index contributed by atoms with van der Waals surface area (Å²) >= 11 is 0. The Labute approximate surface area is 176 Å². The van der Waals surface area contributed by atoms with Crippen LogP contribution in [0.2, 0.25) is 18.1 Å². The Hall–Kier alpha value is -1.68. The normalized spacial score (nSPS) is 15.6. The highest BCUT2D eigenvalue weighted by molar-refractivity contribution is 6.59. The first kappa shape index (κ1) is 22.0. The molecule has 2 aromatic rings. The summed E-state index contributed by atoms with van der Waals surface area (Å²) in [6.45, 7) is 4.81. The van der Waals surface area contributed by atoms with Gasteiger partial charge in [0.05, 0.1) is 6.61 Å². The van der Waals surface area contributed by atoms with Crippen molar-refractivity contribution in [3.8, 4) is 16.9 Å². The predicted molar refractivity (Wildman–Crippen MR) is 119 cm³/mol. The molecule has 1 saturated heterocycles. The molecule has 0 unspecified atom stereocenters. The van der Waals surface area contributed by atoms with Crippen molar-refractivity contribution in [2.45, 2.75) is 76.4 Å². The lowest BCUT2D eigenvalue weighted by Gasteiger charge is -2.28. The van der Waals surface area contributed by atoms with E-state index < -0.39 is 5.82 Å². The number of hydrogen-bond acceptors (Lipinski definition) is 1. The molecule has 2 aromatic carbocycles. The average Bonchev–Trinajstić information content (AvgIpc) is 2.73. The molecule has 1 heterocycles. The Morgan fingerprint density at radius 1 is 0.897 bits per heavy atom. The van der Waals surface area contributed by atoms with Crippen molar-refractivity contribution in [3.05, 3.63) is 53.6 Å². The largest absolute Gasteiger partial charge is 0.494 e. The molecule has 0 N–H and O–H groups in total. The molecular formula is C25H33F2OSi. The Kier molecular flexibility index (Phi) is 8.28. The smallest absolute Gasteiger partial charge is 0.134 e. The predicted octanol–water partition coefficient (Wildman–Crippen LogP) is 7.98. The van der Waals surface area contributed by atoms with Gasteiger partial charge in [0.15, 0.2) is 0 Å².